The van der Waals surface area contributed by atoms with Crippen molar-refractivity contribution in [1.82, 2.24) is 15.3 Å². The Bertz CT molecular complexity index is 582. The molecule has 6 heteroatoms. The van der Waals surface area contributed by atoms with Crippen LogP contribution < -0.4 is 5.43 Å². The van der Waals surface area contributed by atoms with Crippen molar-refractivity contribution < 1.29 is 9.59 Å². The Balaban J connectivity index is 1.65. The number of imide groups is 1. The molecule has 118 valence electrons. The van der Waals surface area contributed by atoms with Gasteiger partial charge in [0.05, 0.1) is 12.0 Å². The molecule has 1 aliphatic carbocycles. The Kier molecular flexibility index (Phi) is 3.55. The Labute approximate surface area is 134 Å². The molecule has 0 bridgehead atoms. The van der Waals surface area contributed by atoms with Gasteiger partial charge in [-0.1, -0.05) is 25.3 Å². The Morgan fingerprint density at radius 2 is 1.95 bits per heavy atom. The molecule has 1 aromatic heterocycles. The average Bonchev–Trinajstić information content (AvgIpc) is 3.20. The summed E-state index contributed by atoms with van der Waals surface area (Å²) < 4.78 is 0. The molecule has 1 aromatic rings. The first-order chi connectivity index (χ1) is 10.7. The summed E-state index contributed by atoms with van der Waals surface area (Å²) in [4.78, 5) is 28.6. The first kappa shape index (κ1) is 14.4. The molecule has 1 saturated carbocycles. The molecule has 3 atom stereocenters. The minimum Gasteiger partial charge on any atom is -0.278 e. The number of rotatable bonds is 2. The number of likely N-dealkylation sites (N-methyl/N-ethyl adjacent to an activating group) is 1. The molecule has 3 aliphatic rings. The van der Waals surface area contributed by atoms with Crippen LogP contribution in [0.25, 0.3) is 0 Å². The molecule has 0 spiro atoms. The zero-order valence-electron chi connectivity index (χ0n) is 12.7. The second-order valence-corrected chi connectivity index (χ2v) is 7.52. The summed E-state index contributed by atoms with van der Waals surface area (Å²) in [7, 11) is 1.88. The van der Waals surface area contributed by atoms with Crippen LogP contribution in [0.5, 0.6) is 0 Å². The van der Waals surface area contributed by atoms with Gasteiger partial charge < -0.3 is 0 Å². The number of hydrazine groups is 1. The summed E-state index contributed by atoms with van der Waals surface area (Å²) in [5.41, 5.74) is 3.32. The highest BCUT2D eigenvalue weighted by atomic mass is 32.1. The summed E-state index contributed by atoms with van der Waals surface area (Å²) in [6, 6.07) is 3.74. The van der Waals surface area contributed by atoms with E-state index in [1.165, 1.54) is 6.42 Å². The largest absolute Gasteiger partial charge is 0.278 e. The van der Waals surface area contributed by atoms with Gasteiger partial charge >= 0.3 is 0 Å². The van der Waals surface area contributed by atoms with Crippen molar-refractivity contribution in [2.45, 2.75) is 50.2 Å². The van der Waals surface area contributed by atoms with Gasteiger partial charge in [-0.05, 0) is 24.3 Å². The zero-order valence-corrected chi connectivity index (χ0v) is 13.5. The molecular weight excluding hydrogens is 298 g/mol. The van der Waals surface area contributed by atoms with E-state index in [2.05, 4.69) is 5.43 Å². The Hall–Kier alpha value is -1.24. The monoisotopic (exact) mass is 319 g/mol. The molecule has 22 heavy (non-hydrogen) atoms. The molecule has 3 heterocycles. The van der Waals surface area contributed by atoms with E-state index in [1.807, 2.05) is 29.6 Å². The summed E-state index contributed by atoms with van der Waals surface area (Å²) in [5, 5.41) is 3.86. The van der Waals surface area contributed by atoms with Crippen molar-refractivity contribution in [3.05, 3.63) is 22.4 Å². The van der Waals surface area contributed by atoms with E-state index >= 15 is 0 Å². The summed E-state index contributed by atoms with van der Waals surface area (Å²) in [5.74, 6) is -0.258. The van der Waals surface area contributed by atoms with Gasteiger partial charge in [0, 0.05) is 18.0 Å². The van der Waals surface area contributed by atoms with Crippen LogP contribution in [-0.2, 0) is 9.59 Å². The highest BCUT2D eigenvalue weighted by Gasteiger charge is 2.59. The van der Waals surface area contributed by atoms with Crippen molar-refractivity contribution in [2.75, 3.05) is 7.05 Å². The fourth-order valence-electron chi connectivity index (χ4n) is 4.22. The number of amides is 2. The van der Waals surface area contributed by atoms with Gasteiger partial charge in [-0.25, -0.2) is 10.4 Å². The van der Waals surface area contributed by atoms with Crippen LogP contribution in [0.15, 0.2) is 17.5 Å². The maximum Gasteiger partial charge on any atom is 0.249 e. The lowest BCUT2D eigenvalue weighted by molar-refractivity contribution is -0.144. The number of thiophene rings is 1. The quantitative estimate of drug-likeness (QED) is 0.846. The van der Waals surface area contributed by atoms with Crippen molar-refractivity contribution in [3.63, 3.8) is 0 Å². The fraction of sp³-hybridized carbons (Fsp3) is 0.625. The molecule has 0 aromatic carbocycles. The number of nitrogens with zero attached hydrogens (tertiary/aromatic N) is 2. The smallest absolute Gasteiger partial charge is 0.249 e. The van der Waals surface area contributed by atoms with Gasteiger partial charge in [-0.2, -0.15) is 0 Å². The minimum atomic E-state index is -0.346. The predicted molar refractivity (Wildman–Crippen MR) is 84.0 cm³/mol. The second kappa shape index (κ2) is 5.44. The lowest BCUT2D eigenvalue weighted by Gasteiger charge is -2.31. The molecule has 2 saturated heterocycles. The number of likely N-dealkylation sites (tertiary alicyclic amines) is 1. The molecule has 0 radical (unpaired) electrons. The van der Waals surface area contributed by atoms with Gasteiger partial charge in [0.2, 0.25) is 11.8 Å². The van der Waals surface area contributed by atoms with Crippen molar-refractivity contribution in [3.8, 4) is 0 Å². The van der Waals surface area contributed by atoms with E-state index in [4.69, 9.17) is 0 Å². The first-order valence-electron chi connectivity index (χ1n) is 8.08. The third-order valence-corrected chi connectivity index (χ3v) is 6.22. The van der Waals surface area contributed by atoms with Gasteiger partial charge in [-0.3, -0.25) is 14.5 Å². The molecule has 3 fully saturated rings. The summed E-state index contributed by atoms with van der Waals surface area (Å²) in [6.07, 6.45) is 5.41. The molecule has 2 amide bonds. The molecule has 0 unspecified atom stereocenters. The van der Waals surface area contributed by atoms with Crippen LogP contribution in [-0.4, -0.2) is 40.9 Å². The molecule has 1 N–H and O–H groups in total. The van der Waals surface area contributed by atoms with Gasteiger partial charge in [0.1, 0.15) is 6.04 Å². The topological polar surface area (TPSA) is 52.7 Å². The van der Waals surface area contributed by atoms with Crippen molar-refractivity contribution in [1.29, 1.82) is 0 Å². The van der Waals surface area contributed by atoms with Crippen LogP contribution in [0.3, 0.4) is 0 Å². The van der Waals surface area contributed by atoms with Crippen LogP contribution in [0.4, 0.5) is 0 Å². The van der Waals surface area contributed by atoms with Crippen LogP contribution >= 0.6 is 11.3 Å². The van der Waals surface area contributed by atoms with Crippen molar-refractivity contribution >= 4 is 23.2 Å². The number of carbonyl (C=O) groups is 2. The summed E-state index contributed by atoms with van der Waals surface area (Å²) >= 11 is 1.64. The maximum atomic E-state index is 13.0. The number of carbonyl (C=O) groups excluding carboxylic acids is 2. The lowest BCUT2D eigenvalue weighted by atomic mass is 9.93. The average molecular weight is 319 g/mol. The third-order valence-electron chi connectivity index (χ3n) is 5.26. The summed E-state index contributed by atoms with van der Waals surface area (Å²) in [6.45, 7) is 0. The number of fused-ring (bicyclic) bond motifs is 1. The van der Waals surface area contributed by atoms with Gasteiger partial charge in [-0.15, -0.1) is 11.3 Å². The van der Waals surface area contributed by atoms with Crippen LogP contribution in [0.1, 0.15) is 43.0 Å². The Morgan fingerprint density at radius 1 is 1.18 bits per heavy atom. The first-order valence-corrected chi connectivity index (χ1v) is 8.96. The molecular formula is C16H21N3O2S. The normalized spacial score (nSPS) is 33.7. The molecule has 2 aliphatic heterocycles. The lowest BCUT2D eigenvalue weighted by Crippen LogP contribution is -2.47. The minimum absolute atomic E-state index is 0.00374. The predicted octanol–water partition coefficient (Wildman–Crippen LogP) is 1.93. The van der Waals surface area contributed by atoms with E-state index in [0.29, 0.717) is 0 Å². The van der Waals surface area contributed by atoms with Crippen LogP contribution in [0.2, 0.25) is 0 Å². The van der Waals surface area contributed by atoms with E-state index in [0.717, 1.165) is 30.6 Å². The number of hydrogen-bond donors (Lipinski definition) is 1. The van der Waals surface area contributed by atoms with E-state index in [9.17, 15) is 9.59 Å². The maximum absolute atomic E-state index is 13.0. The number of hydrogen-bond acceptors (Lipinski definition) is 5. The molecule has 4 rings (SSSR count). The fourth-order valence-corrected chi connectivity index (χ4v) is 5.04. The van der Waals surface area contributed by atoms with E-state index in [-0.39, 0.29) is 35.9 Å². The standard InChI is InChI=1S/C16H21N3O2S/c1-18-14-12(13(17-18)11-8-5-9-22-11)15(20)19(16(14)21)10-6-3-2-4-7-10/h5,8-10,12-14,17H,2-4,6-7H2,1H3/t12-,13+,14+/m1/s1. The van der Waals surface area contributed by atoms with E-state index < -0.39 is 0 Å². The zero-order chi connectivity index (χ0) is 15.3. The highest BCUT2D eigenvalue weighted by Crippen LogP contribution is 2.42. The van der Waals surface area contributed by atoms with Gasteiger partial charge in [0.25, 0.3) is 0 Å². The van der Waals surface area contributed by atoms with Crippen molar-refractivity contribution in [2.24, 2.45) is 5.92 Å². The highest BCUT2D eigenvalue weighted by molar-refractivity contribution is 7.10. The second-order valence-electron chi connectivity index (χ2n) is 6.54. The Morgan fingerprint density at radius 3 is 2.64 bits per heavy atom. The van der Waals surface area contributed by atoms with E-state index in [1.54, 1.807) is 16.2 Å². The molecule has 5 nitrogen and oxygen atoms in total. The van der Waals surface area contributed by atoms with Gasteiger partial charge in [0.15, 0.2) is 0 Å². The SMILES string of the molecule is CN1N[C@@H](c2cccs2)[C@H]2C(=O)N(C3CCCCC3)C(=O)[C@H]21. The number of nitrogens with one attached hydrogen (secondary N) is 1. The third kappa shape index (κ3) is 2.05. The van der Waals surface area contributed by atoms with Crippen LogP contribution in [0, 0.1) is 5.92 Å².